The monoisotopic (exact) mass is 403 g/mol. The molecule has 1 saturated heterocycles. The number of hydrogen-bond acceptors (Lipinski definition) is 6. The van der Waals surface area contributed by atoms with E-state index in [1.165, 1.54) is 12.0 Å². The van der Waals surface area contributed by atoms with E-state index in [1.54, 1.807) is 34.4 Å². The Kier molecular flexibility index (Phi) is 6.57. The van der Waals surface area contributed by atoms with E-state index < -0.39 is 5.97 Å². The Morgan fingerprint density at radius 3 is 2.75 bits per heavy atom. The molecule has 0 radical (unpaired) electrons. The van der Waals surface area contributed by atoms with Gasteiger partial charge >= 0.3 is 5.97 Å². The molecule has 0 N–H and O–H groups in total. The fourth-order valence-corrected chi connectivity index (χ4v) is 4.15. The van der Waals surface area contributed by atoms with Crippen LogP contribution in [0.2, 0.25) is 0 Å². The quantitative estimate of drug-likeness (QED) is 0.652. The predicted octanol–water partition coefficient (Wildman–Crippen LogP) is 4.06. The van der Waals surface area contributed by atoms with Crippen LogP contribution in [0.25, 0.3) is 0 Å². The number of rotatable bonds is 7. The third kappa shape index (κ3) is 4.65. The van der Waals surface area contributed by atoms with Crippen molar-refractivity contribution in [2.75, 3.05) is 20.3 Å². The van der Waals surface area contributed by atoms with Crippen LogP contribution in [0.3, 0.4) is 0 Å². The molecule has 28 heavy (non-hydrogen) atoms. The van der Waals surface area contributed by atoms with Crippen LogP contribution >= 0.6 is 11.3 Å². The maximum Gasteiger partial charge on any atom is 0.338 e. The van der Waals surface area contributed by atoms with Crippen molar-refractivity contribution in [3.05, 3.63) is 46.2 Å². The zero-order valence-electron chi connectivity index (χ0n) is 16.3. The molecular weight excluding hydrogens is 378 g/mol. The molecule has 150 valence electrons. The second-order valence-electron chi connectivity index (χ2n) is 6.87. The van der Waals surface area contributed by atoms with Gasteiger partial charge in [-0.1, -0.05) is 6.07 Å². The first-order valence-electron chi connectivity index (χ1n) is 9.34. The summed E-state index contributed by atoms with van der Waals surface area (Å²) < 4.78 is 16.2. The minimum Gasteiger partial charge on any atom is -0.493 e. The lowest BCUT2D eigenvalue weighted by Gasteiger charge is -2.23. The molecule has 1 unspecified atom stereocenters. The Labute approximate surface area is 169 Å². The van der Waals surface area contributed by atoms with E-state index >= 15 is 0 Å². The van der Waals surface area contributed by atoms with Crippen molar-refractivity contribution < 1.29 is 23.8 Å². The van der Waals surface area contributed by atoms with E-state index in [9.17, 15) is 9.59 Å². The molecule has 1 aliphatic rings. The van der Waals surface area contributed by atoms with Crippen LogP contribution < -0.4 is 9.47 Å². The van der Waals surface area contributed by atoms with Crippen molar-refractivity contribution in [1.82, 2.24) is 4.90 Å². The standard InChI is InChI=1S/C21H25NO5S/c1-14(2)27-17-9-8-15(12-18(17)25-3)21(24)26-13-20(23)22-10-4-6-16(22)19-7-5-11-28-19/h5,7-9,11-12,14,16H,4,6,10,13H2,1-3H3. The summed E-state index contributed by atoms with van der Waals surface area (Å²) in [5, 5.41) is 2.01. The second-order valence-corrected chi connectivity index (χ2v) is 7.85. The highest BCUT2D eigenvalue weighted by Gasteiger charge is 2.31. The molecule has 2 heterocycles. The van der Waals surface area contributed by atoms with Crippen LogP contribution in [-0.4, -0.2) is 43.1 Å². The average molecular weight is 404 g/mol. The van der Waals surface area contributed by atoms with Gasteiger partial charge in [0.25, 0.3) is 5.91 Å². The Balaban J connectivity index is 1.61. The Bertz CT molecular complexity index is 818. The van der Waals surface area contributed by atoms with Crippen molar-refractivity contribution in [2.24, 2.45) is 0 Å². The van der Waals surface area contributed by atoms with Crippen molar-refractivity contribution >= 4 is 23.2 Å². The van der Waals surface area contributed by atoms with E-state index in [0.29, 0.717) is 23.6 Å². The van der Waals surface area contributed by atoms with Crippen molar-refractivity contribution in [3.63, 3.8) is 0 Å². The van der Waals surface area contributed by atoms with Gasteiger partial charge < -0.3 is 19.1 Å². The molecule has 0 aliphatic carbocycles. The highest BCUT2D eigenvalue weighted by Crippen LogP contribution is 2.34. The van der Waals surface area contributed by atoms with E-state index in [0.717, 1.165) is 12.8 Å². The maximum atomic E-state index is 12.6. The lowest BCUT2D eigenvalue weighted by atomic mass is 10.2. The summed E-state index contributed by atoms with van der Waals surface area (Å²) in [6.45, 7) is 4.24. The Morgan fingerprint density at radius 1 is 1.25 bits per heavy atom. The molecule has 1 aromatic carbocycles. The third-order valence-electron chi connectivity index (χ3n) is 4.53. The van der Waals surface area contributed by atoms with Gasteiger partial charge in [-0.25, -0.2) is 4.79 Å². The number of methoxy groups -OCH3 is 1. The number of esters is 1. The summed E-state index contributed by atoms with van der Waals surface area (Å²) in [6, 6.07) is 8.95. The van der Waals surface area contributed by atoms with E-state index in [4.69, 9.17) is 14.2 Å². The van der Waals surface area contributed by atoms with E-state index in [1.807, 2.05) is 31.4 Å². The lowest BCUT2D eigenvalue weighted by molar-refractivity contribution is -0.135. The van der Waals surface area contributed by atoms with Gasteiger partial charge in [0.1, 0.15) is 0 Å². The fraction of sp³-hybridized carbons (Fsp3) is 0.429. The normalized spacial score (nSPS) is 16.3. The molecule has 1 fully saturated rings. The van der Waals surface area contributed by atoms with Gasteiger partial charge in [-0.15, -0.1) is 11.3 Å². The topological polar surface area (TPSA) is 65.1 Å². The number of carbonyl (C=O) groups excluding carboxylic acids is 2. The van der Waals surface area contributed by atoms with Gasteiger partial charge in [-0.05, 0) is 56.3 Å². The Morgan fingerprint density at radius 2 is 2.07 bits per heavy atom. The van der Waals surface area contributed by atoms with E-state index in [2.05, 4.69) is 0 Å². The molecule has 1 amide bonds. The van der Waals surface area contributed by atoms with Gasteiger partial charge in [-0.3, -0.25) is 4.79 Å². The highest BCUT2D eigenvalue weighted by molar-refractivity contribution is 7.10. The number of likely N-dealkylation sites (tertiary alicyclic amines) is 1. The molecule has 6 nitrogen and oxygen atoms in total. The molecule has 0 spiro atoms. The van der Waals surface area contributed by atoms with Gasteiger partial charge in [0.15, 0.2) is 18.1 Å². The lowest BCUT2D eigenvalue weighted by Crippen LogP contribution is -2.34. The SMILES string of the molecule is COc1cc(C(=O)OCC(=O)N2CCCC2c2cccs2)ccc1OC(C)C. The first-order chi connectivity index (χ1) is 13.5. The number of ether oxygens (including phenoxy) is 3. The molecule has 1 aliphatic heterocycles. The summed E-state index contributed by atoms with van der Waals surface area (Å²) in [6.07, 6.45) is 1.88. The second kappa shape index (κ2) is 9.10. The number of benzene rings is 1. The fourth-order valence-electron chi connectivity index (χ4n) is 3.28. The summed E-state index contributed by atoms with van der Waals surface area (Å²) in [7, 11) is 1.51. The minimum atomic E-state index is -0.561. The van der Waals surface area contributed by atoms with Gasteiger partial charge in [-0.2, -0.15) is 0 Å². The molecule has 0 saturated carbocycles. The summed E-state index contributed by atoms with van der Waals surface area (Å²) in [4.78, 5) is 28.0. The smallest absolute Gasteiger partial charge is 0.338 e. The van der Waals surface area contributed by atoms with Crippen LogP contribution in [0.1, 0.15) is 48.0 Å². The highest BCUT2D eigenvalue weighted by atomic mass is 32.1. The Hall–Kier alpha value is -2.54. The molecule has 3 rings (SSSR count). The number of hydrogen-bond donors (Lipinski definition) is 0. The first-order valence-corrected chi connectivity index (χ1v) is 10.2. The summed E-state index contributed by atoms with van der Waals surface area (Å²) in [5.41, 5.74) is 0.317. The van der Waals surface area contributed by atoms with Crippen LogP contribution in [0.4, 0.5) is 0 Å². The van der Waals surface area contributed by atoms with Crippen LogP contribution in [0, 0.1) is 0 Å². The average Bonchev–Trinajstić information content (AvgIpc) is 3.36. The van der Waals surface area contributed by atoms with Gasteiger partial charge in [0.2, 0.25) is 0 Å². The zero-order chi connectivity index (χ0) is 20.1. The molecule has 2 aromatic rings. The van der Waals surface area contributed by atoms with Gasteiger partial charge in [0.05, 0.1) is 24.8 Å². The number of nitrogens with zero attached hydrogens (tertiary/aromatic N) is 1. The third-order valence-corrected chi connectivity index (χ3v) is 5.51. The van der Waals surface area contributed by atoms with Gasteiger partial charge in [0, 0.05) is 11.4 Å². The minimum absolute atomic E-state index is 0.0129. The largest absolute Gasteiger partial charge is 0.493 e. The number of carbonyl (C=O) groups is 2. The number of thiophene rings is 1. The molecular formula is C21H25NO5S. The van der Waals surface area contributed by atoms with Crippen molar-refractivity contribution in [3.8, 4) is 11.5 Å². The zero-order valence-corrected chi connectivity index (χ0v) is 17.2. The van der Waals surface area contributed by atoms with Crippen LogP contribution in [0.15, 0.2) is 35.7 Å². The molecule has 7 heteroatoms. The molecule has 0 bridgehead atoms. The van der Waals surface area contributed by atoms with Crippen LogP contribution in [0.5, 0.6) is 11.5 Å². The predicted molar refractivity (Wildman–Crippen MR) is 107 cm³/mol. The first kappa shape index (κ1) is 20.2. The molecule has 1 atom stereocenters. The number of amides is 1. The molecule has 1 aromatic heterocycles. The van der Waals surface area contributed by atoms with Crippen molar-refractivity contribution in [1.29, 1.82) is 0 Å². The van der Waals surface area contributed by atoms with Crippen LogP contribution in [-0.2, 0) is 9.53 Å². The van der Waals surface area contributed by atoms with E-state index in [-0.39, 0.29) is 24.7 Å². The summed E-state index contributed by atoms with van der Waals surface area (Å²) >= 11 is 1.64. The maximum absolute atomic E-state index is 12.6. The van der Waals surface area contributed by atoms with Crippen molar-refractivity contribution in [2.45, 2.75) is 38.8 Å². The summed E-state index contributed by atoms with van der Waals surface area (Å²) in [5.74, 6) is 0.276.